The lowest BCUT2D eigenvalue weighted by Gasteiger charge is -2.29. The van der Waals surface area contributed by atoms with Crippen molar-refractivity contribution in [2.24, 2.45) is 0 Å². The molecule has 1 rings (SSSR count). The second-order valence-corrected chi connectivity index (χ2v) is 5.10. The Labute approximate surface area is 104 Å². The topological polar surface area (TPSA) is 50.4 Å². The summed E-state index contributed by atoms with van der Waals surface area (Å²) in [5.41, 5.74) is 0. The van der Waals surface area contributed by atoms with Gasteiger partial charge in [0.25, 0.3) is 0 Å². The summed E-state index contributed by atoms with van der Waals surface area (Å²) < 4.78 is 5.08. The first kappa shape index (κ1) is 14.3. The molecule has 17 heavy (non-hydrogen) atoms. The van der Waals surface area contributed by atoms with E-state index in [-0.39, 0.29) is 12.2 Å². The summed E-state index contributed by atoms with van der Waals surface area (Å²) in [6.07, 6.45) is 5.25. The van der Waals surface area contributed by atoms with Crippen LogP contribution in [0.4, 0.5) is 4.79 Å². The molecule has 2 N–H and O–H groups in total. The molecule has 0 heterocycles. The SMILES string of the molecule is CCCNC1CCC(NC(=O)OC(C)C)CC1. The fourth-order valence-electron chi connectivity index (χ4n) is 2.21. The van der Waals surface area contributed by atoms with E-state index >= 15 is 0 Å². The molecule has 1 aliphatic carbocycles. The Kier molecular flexibility index (Phi) is 6.34. The first-order valence-electron chi connectivity index (χ1n) is 6.82. The molecule has 0 radical (unpaired) electrons. The lowest BCUT2D eigenvalue weighted by atomic mass is 9.91. The summed E-state index contributed by atoms with van der Waals surface area (Å²) in [5, 5.41) is 6.47. The van der Waals surface area contributed by atoms with Gasteiger partial charge in [0.05, 0.1) is 6.10 Å². The second-order valence-electron chi connectivity index (χ2n) is 5.10. The molecule has 1 aliphatic rings. The number of alkyl carbamates (subject to hydrolysis) is 1. The van der Waals surface area contributed by atoms with Crippen molar-refractivity contribution in [3.8, 4) is 0 Å². The maximum atomic E-state index is 11.4. The summed E-state index contributed by atoms with van der Waals surface area (Å²) in [6, 6.07) is 0.926. The Morgan fingerprint density at radius 2 is 1.82 bits per heavy atom. The number of hydrogen-bond acceptors (Lipinski definition) is 3. The van der Waals surface area contributed by atoms with Gasteiger partial charge < -0.3 is 15.4 Å². The van der Waals surface area contributed by atoms with Gasteiger partial charge in [-0.05, 0) is 52.5 Å². The highest BCUT2D eigenvalue weighted by Gasteiger charge is 2.22. The Hall–Kier alpha value is -0.770. The van der Waals surface area contributed by atoms with Crippen molar-refractivity contribution in [1.82, 2.24) is 10.6 Å². The molecule has 0 aromatic carbocycles. The highest BCUT2D eigenvalue weighted by Crippen LogP contribution is 2.18. The smallest absolute Gasteiger partial charge is 0.407 e. The molecule has 100 valence electrons. The normalized spacial score (nSPS) is 24.7. The van der Waals surface area contributed by atoms with Gasteiger partial charge in [0.15, 0.2) is 0 Å². The molecule has 0 bridgehead atoms. The largest absolute Gasteiger partial charge is 0.447 e. The molecule has 0 unspecified atom stereocenters. The molecule has 0 saturated heterocycles. The molecule has 4 nitrogen and oxygen atoms in total. The summed E-state index contributed by atoms with van der Waals surface area (Å²) in [7, 11) is 0. The minimum atomic E-state index is -0.273. The Morgan fingerprint density at radius 3 is 2.35 bits per heavy atom. The van der Waals surface area contributed by atoms with Crippen LogP contribution in [0.2, 0.25) is 0 Å². The Bertz CT molecular complexity index is 223. The first-order chi connectivity index (χ1) is 8.11. The van der Waals surface area contributed by atoms with Gasteiger partial charge in [0.1, 0.15) is 0 Å². The number of carbonyl (C=O) groups is 1. The molecular formula is C13H26N2O2. The highest BCUT2D eigenvalue weighted by molar-refractivity contribution is 5.67. The van der Waals surface area contributed by atoms with Crippen LogP contribution in [-0.2, 0) is 4.74 Å². The summed E-state index contributed by atoms with van der Waals surface area (Å²) in [6.45, 7) is 7.01. The first-order valence-corrected chi connectivity index (χ1v) is 6.82. The molecule has 1 saturated carbocycles. The van der Waals surface area contributed by atoms with Gasteiger partial charge in [-0.3, -0.25) is 0 Å². The van der Waals surface area contributed by atoms with E-state index in [1.54, 1.807) is 0 Å². The fraction of sp³-hybridized carbons (Fsp3) is 0.923. The van der Waals surface area contributed by atoms with Gasteiger partial charge in [-0.1, -0.05) is 6.92 Å². The monoisotopic (exact) mass is 242 g/mol. The number of amides is 1. The van der Waals surface area contributed by atoms with Gasteiger partial charge in [-0.25, -0.2) is 4.79 Å². The number of hydrogen-bond donors (Lipinski definition) is 2. The number of carbonyl (C=O) groups excluding carboxylic acids is 1. The van der Waals surface area contributed by atoms with E-state index in [1.165, 1.54) is 6.42 Å². The lowest BCUT2D eigenvalue weighted by Crippen LogP contribution is -2.42. The van der Waals surface area contributed by atoms with E-state index < -0.39 is 0 Å². The molecule has 0 spiro atoms. The third kappa shape index (κ3) is 5.91. The molecule has 1 fully saturated rings. The molecule has 1 amide bonds. The predicted molar refractivity (Wildman–Crippen MR) is 69.1 cm³/mol. The minimum Gasteiger partial charge on any atom is -0.447 e. The van der Waals surface area contributed by atoms with E-state index in [2.05, 4.69) is 17.6 Å². The number of rotatable bonds is 5. The minimum absolute atomic E-state index is 0.0439. The van der Waals surface area contributed by atoms with E-state index in [4.69, 9.17) is 4.74 Å². The van der Waals surface area contributed by atoms with Gasteiger partial charge >= 0.3 is 6.09 Å². The van der Waals surface area contributed by atoms with Crippen molar-refractivity contribution >= 4 is 6.09 Å². The fourth-order valence-corrected chi connectivity index (χ4v) is 2.21. The van der Waals surface area contributed by atoms with Crippen LogP contribution in [0.15, 0.2) is 0 Å². The third-order valence-corrected chi connectivity index (χ3v) is 3.07. The molecule has 0 aromatic rings. The van der Waals surface area contributed by atoms with Crippen LogP contribution in [-0.4, -0.2) is 30.8 Å². The van der Waals surface area contributed by atoms with E-state index in [0.29, 0.717) is 12.1 Å². The van der Waals surface area contributed by atoms with Crippen molar-refractivity contribution in [3.05, 3.63) is 0 Å². The van der Waals surface area contributed by atoms with Crippen LogP contribution in [0.25, 0.3) is 0 Å². The molecule has 0 atom stereocenters. The van der Waals surface area contributed by atoms with Crippen LogP contribution in [0.5, 0.6) is 0 Å². The summed E-state index contributed by atoms with van der Waals surface area (Å²) >= 11 is 0. The van der Waals surface area contributed by atoms with Crippen LogP contribution in [0.1, 0.15) is 52.9 Å². The van der Waals surface area contributed by atoms with Gasteiger partial charge in [0.2, 0.25) is 0 Å². The molecular weight excluding hydrogens is 216 g/mol. The van der Waals surface area contributed by atoms with E-state index in [1.807, 2.05) is 13.8 Å². The van der Waals surface area contributed by atoms with Crippen molar-refractivity contribution in [2.45, 2.75) is 71.1 Å². The van der Waals surface area contributed by atoms with Crippen LogP contribution in [0.3, 0.4) is 0 Å². The van der Waals surface area contributed by atoms with Gasteiger partial charge in [-0.15, -0.1) is 0 Å². The van der Waals surface area contributed by atoms with Crippen molar-refractivity contribution in [1.29, 1.82) is 0 Å². The van der Waals surface area contributed by atoms with Gasteiger partial charge in [-0.2, -0.15) is 0 Å². The second kappa shape index (κ2) is 7.54. The van der Waals surface area contributed by atoms with Crippen LogP contribution < -0.4 is 10.6 Å². The Morgan fingerprint density at radius 1 is 1.24 bits per heavy atom. The highest BCUT2D eigenvalue weighted by atomic mass is 16.6. The van der Waals surface area contributed by atoms with Gasteiger partial charge in [0, 0.05) is 12.1 Å². The van der Waals surface area contributed by atoms with E-state index in [9.17, 15) is 4.79 Å². The predicted octanol–water partition coefficient (Wildman–Crippen LogP) is 2.43. The molecule has 0 aromatic heterocycles. The quantitative estimate of drug-likeness (QED) is 0.778. The van der Waals surface area contributed by atoms with E-state index in [0.717, 1.165) is 32.2 Å². The lowest BCUT2D eigenvalue weighted by molar-refractivity contribution is 0.109. The van der Waals surface area contributed by atoms with Crippen LogP contribution >= 0.6 is 0 Å². The number of ether oxygens (including phenoxy) is 1. The number of nitrogens with one attached hydrogen (secondary N) is 2. The average Bonchev–Trinajstić information content (AvgIpc) is 2.27. The van der Waals surface area contributed by atoms with Crippen molar-refractivity contribution < 1.29 is 9.53 Å². The molecule has 4 heteroatoms. The standard InChI is InChI=1S/C13H26N2O2/c1-4-9-14-11-5-7-12(8-6-11)15-13(16)17-10(2)3/h10-12,14H,4-9H2,1-3H3,(H,15,16). The maximum Gasteiger partial charge on any atom is 0.407 e. The average molecular weight is 242 g/mol. The Balaban J connectivity index is 2.16. The van der Waals surface area contributed by atoms with Crippen LogP contribution in [0, 0.1) is 0 Å². The maximum absolute atomic E-state index is 11.4. The summed E-state index contributed by atoms with van der Waals surface area (Å²) in [5.74, 6) is 0. The zero-order chi connectivity index (χ0) is 12.7. The van der Waals surface area contributed by atoms with Crippen molar-refractivity contribution in [3.63, 3.8) is 0 Å². The zero-order valence-corrected chi connectivity index (χ0v) is 11.3. The third-order valence-electron chi connectivity index (χ3n) is 3.07. The van der Waals surface area contributed by atoms with Crippen molar-refractivity contribution in [2.75, 3.05) is 6.54 Å². The zero-order valence-electron chi connectivity index (χ0n) is 11.3. The summed E-state index contributed by atoms with van der Waals surface area (Å²) in [4.78, 5) is 11.4. The molecule has 0 aliphatic heterocycles.